The van der Waals surface area contributed by atoms with Gasteiger partial charge in [0.1, 0.15) is 10.6 Å². The first-order valence-electron chi connectivity index (χ1n) is 11.3. The van der Waals surface area contributed by atoms with Gasteiger partial charge in [0.15, 0.2) is 5.69 Å². The van der Waals surface area contributed by atoms with Crippen LogP contribution >= 0.6 is 0 Å². The average molecular weight is 516 g/mol. The number of nitrogens with one attached hydrogen (secondary N) is 2. The van der Waals surface area contributed by atoms with E-state index >= 15 is 0 Å². The minimum atomic E-state index is -4.23. The molecule has 2 N–H and O–H groups in total. The molecular formula is C24H29N5O6S. The van der Waals surface area contributed by atoms with Crippen LogP contribution in [0.2, 0.25) is 0 Å². The van der Waals surface area contributed by atoms with Gasteiger partial charge >= 0.3 is 0 Å². The molecule has 0 aliphatic rings. The molecule has 3 rings (SSSR count). The average Bonchev–Trinajstić information content (AvgIpc) is 3.12. The molecule has 36 heavy (non-hydrogen) atoms. The van der Waals surface area contributed by atoms with Gasteiger partial charge in [0.2, 0.25) is 15.9 Å². The Morgan fingerprint density at radius 3 is 2.42 bits per heavy atom. The molecule has 0 aliphatic carbocycles. The molecule has 0 spiro atoms. The van der Waals surface area contributed by atoms with Crippen molar-refractivity contribution in [2.75, 3.05) is 6.54 Å². The SMILES string of the molecule is CCCNC(=O)c1nn(-c2ccccc2)c(Oc2ccc([N+](=O)[O-])cc2S(=O)(=O)NC(C)(C)C)c1C. The number of amides is 1. The molecule has 192 valence electrons. The maximum Gasteiger partial charge on any atom is 0.272 e. The van der Waals surface area contributed by atoms with E-state index in [4.69, 9.17) is 4.74 Å². The van der Waals surface area contributed by atoms with Crippen LogP contribution < -0.4 is 14.8 Å². The molecule has 0 saturated heterocycles. The van der Waals surface area contributed by atoms with Crippen molar-refractivity contribution < 1.29 is 22.9 Å². The standard InChI is InChI=1S/C24H29N5O6S/c1-6-14-25-22(30)21-16(2)23(28(26-21)17-10-8-7-9-11-17)35-19-13-12-18(29(31)32)15-20(19)36(33,34)27-24(3,4)5/h7-13,15,27H,6,14H2,1-5H3,(H,25,30). The number of nitro benzene ring substituents is 1. The number of para-hydroxylation sites is 1. The second kappa shape index (κ2) is 10.5. The zero-order valence-corrected chi connectivity index (χ0v) is 21.5. The molecule has 0 aliphatic heterocycles. The molecular weight excluding hydrogens is 486 g/mol. The molecule has 11 nitrogen and oxygen atoms in total. The van der Waals surface area contributed by atoms with Crippen molar-refractivity contribution in [3.8, 4) is 17.3 Å². The van der Waals surface area contributed by atoms with Crippen LogP contribution in [-0.2, 0) is 10.0 Å². The van der Waals surface area contributed by atoms with E-state index in [1.165, 1.54) is 10.7 Å². The second-order valence-corrected chi connectivity index (χ2v) is 10.8. The van der Waals surface area contributed by atoms with E-state index in [9.17, 15) is 23.3 Å². The lowest BCUT2D eigenvalue weighted by Crippen LogP contribution is -2.40. The van der Waals surface area contributed by atoms with Crippen LogP contribution in [0.4, 0.5) is 5.69 Å². The number of carbonyl (C=O) groups is 1. The summed E-state index contributed by atoms with van der Waals surface area (Å²) >= 11 is 0. The largest absolute Gasteiger partial charge is 0.437 e. The van der Waals surface area contributed by atoms with Crippen molar-refractivity contribution >= 4 is 21.6 Å². The van der Waals surface area contributed by atoms with Gasteiger partial charge in [-0.25, -0.2) is 13.1 Å². The van der Waals surface area contributed by atoms with Gasteiger partial charge in [-0.1, -0.05) is 25.1 Å². The maximum absolute atomic E-state index is 13.2. The number of sulfonamides is 1. The van der Waals surface area contributed by atoms with Gasteiger partial charge in [0, 0.05) is 29.8 Å². The molecule has 2 aromatic carbocycles. The monoisotopic (exact) mass is 515 g/mol. The van der Waals surface area contributed by atoms with Gasteiger partial charge in [-0.15, -0.1) is 0 Å². The first-order valence-corrected chi connectivity index (χ1v) is 12.8. The van der Waals surface area contributed by atoms with E-state index in [0.29, 0.717) is 17.8 Å². The quantitative estimate of drug-likeness (QED) is 0.322. The molecule has 0 atom stereocenters. The van der Waals surface area contributed by atoms with E-state index in [1.54, 1.807) is 52.0 Å². The number of nitrogens with zero attached hydrogens (tertiary/aromatic N) is 3. The number of non-ortho nitro benzene ring substituents is 1. The fraction of sp³-hybridized carbons (Fsp3) is 0.333. The van der Waals surface area contributed by atoms with Crippen LogP contribution in [0.25, 0.3) is 5.69 Å². The fourth-order valence-electron chi connectivity index (χ4n) is 3.35. The molecule has 12 heteroatoms. The minimum Gasteiger partial charge on any atom is -0.437 e. The van der Waals surface area contributed by atoms with Crippen molar-refractivity contribution in [2.45, 2.75) is 51.5 Å². The van der Waals surface area contributed by atoms with E-state index in [2.05, 4.69) is 15.1 Å². The second-order valence-electron chi connectivity index (χ2n) is 9.13. The molecule has 0 unspecified atom stereocenters. The number of aromatic nitrogens is 2. The summed E-state index contributed by atoms with van der Waals surface area (Å²) in [6.07, 6.45) is 0.734. The predicted molar refractivity (Wildman–Crippen MR) is 134 cm³/mol. The third-order valence-electron chi connectivity index (χ3n) is 4.89. The summed E-state index contributed by atoms with van der Waals surface area (Å²) in [6.45, 7) is 8.96. The third-order valence-corrected chi connectivity index (χ3v) is 6.67. The number of benzene rings is 2. The molecule has 0 fully saturated rings. The first kappa shape index (κ1) is 26.8. The summed E-state index contributed by atoms with van der Waals surface area (Å²) in [5, 5.41) is 18.6. The van der Waals surface area contributed by atoms with Gasteiger partial charge in [-0.05, 0) is 52.3 Å². The number of ether oxygens (including phenoxy) is 1. The van der Waals surface area contributed by atoms with Crippen molar-refractivity contribution in [1.82, 2.24) is 19.8 Å². The Hall–Kier alpha value is -3.77. The normalized spacial score (nSPS) is 11.8. The van der Waals surface area contributed by atoms with Crippen molar-refractivity contribution in [1.29, 1.82) is 0 Å². The first-order chi connectivity index (χ1) is 16.8. The number of rotatable bonds is 9. The van der Waals surface area contributed by atoms with Gasteiger partial charge in [-0.2, -0.15) is 9.78 Å². The fourth-order valence-corrected chi connectivity index (χ4v) is 4.92. The highest BCUT2D eigenvalue weighted by Gasteiger charge is 2.30. The lowest BCUT2D eigenvalue weighted by Gasteiger charge is -2.21. The van der Waals surface area contributed by atoms with Crippen molar-refractivity contribution in [3.63, 3.8) is 0 Å². The lowest BCUT2D eigenvalue weighted by atomic mass is 10.1. The topological polar surface area (TPSA) is 145 Å². The van der Waals surface area contributed by atoms with E-state index < -0.39 is 37.0 Å². The van der Waals surface area contributed by atoms with Gasteiger partial charge < -0.3 is 10.1 Å². The molecule has 0 saturated carbocycles. The molecule has 3 aromatic rings. The third kappa shape index (κ3) is 6.07. The van der Waals surface area contributed by atoms with Crippen LogP contribution in [0.1, 0.15) is 50.2 Å². The minimum absolute atomic E-state index is 0.101. The molecule has 0 bridgehead atoms. The van der Waals surface area contributed by atoms with Crippen LogP contribution in [0.5, 0.6) is 11.6 Å². The Morgan fingerprint density at radius 2 is 1.83 bits per heavy atom. The number of nitro groups is 1. The Kier molecular flexibility index (Phi) is 7.80. The van der Waals surface area contributed by atoms with Crippen LogP contribution in [-0.4, -0.2) is 41.1 Å². The summed E-state index contributed by atoms with van der Waals surface area (Å²) in [5.41, 5.74) is -0.208. The highest BCUT2D eigenvalue weighted by atomic mass is 32.2. The Balaban J connectivity index is 2.19. The van der Waals surface area contributed by atoms with Gasteiger partial charge in [-0.3, -0.25) is 14.9 Å². The van der Waals surface area contributed by atoms with Crippen molar-refractivity contribution in [2.24, 2.45) is 0 Å². The van der Waals surface area contributed by atoms with Gasteiger partial charge in [0.25, 0.3) is 11.6 Å². The van der Waals surface area contributed by atoms with Crippen LogP contribution in [0.15, 0.2) is 53.4 Å². The summed E-state index contributed by atoms with van der Waals surface area (Å²) < 4.78 is 36.4. The van der Waals surface area contributed by atoms with E-state index in [-0.39, 0.29) is 17.3 Å². The van der Waals surface area contributed by atoms with Crippen LogP contribution in [0.3, 0.4) is 0 Å². The zero-order chi connectivity index (χ0) is 26.7. The highest BCUT2D eigenvalue weighted by Crippen LogP contribution is 2.36. The van der Waals surface area contributed by atoms with E-state index in [1.807, 2.05) is 13.0 Å². The van der Waals surface area contributed by atoms with Crippen molar-refractivity contribution in [3.05, 3.63) is 69.9 Å². The maximum atomic E-state index is 13.2. The molecule has 1 aromatic heterocycles. The molecule has 1 heterocycles. The lowest BCUT2D eigenvalue weighted by molar-refractivity contribution is -0.385. The summed E-state index contributed by atoms with van der Waals surface area (Å²) in [6, 6.07) is 12.2. The smallest absolute Gasteiger partial charge is 0.272 e. The highest BCUT2D eigenvalue weighted by molar-refractivity contribution is 7.89. The van der Waals surface area contributed by atoms with Crippen LogP contribution in [0, 0.1) is 17.0 Å². The number of hydrogen-bond donors (Lipinski definition) is 2. The molecule has 0 radical (unpaired) electrons. The Morgan fingerprint density at radius 1 is 1.17 bits per heavy atom. The Bertz CT molecular complexity index is 1380. The molecule has 1 amide bonds. The zero-order valence-electron chi connectivity index (χ0n) is 20.7. The number of carbonyl (C=O) groups excluding carboxylic acids is 1. The Labute approximate surface area is 209 Å². The summed E-state index contributed by atoms with van der Waals surface area (Å²) in [4.78, 5) is 23.0. The summed E-state index contributed by atoms with van der Waals surface area (Å²) in [5.74, 6) is -0.457. The van der Waals surface area contributed by atoms with E-state index in [0.717, 1.165) is 18.6 Å². The predicted octanol–water partition coefficient (Wildman–Crippen LogP) is 4.10. The summed E-state index contributed by atoms with van der Waals surface area (Å²) in [7, 11) is -4.23. The van der Waals surface area contributed by atoms with Gasteiger partial charge in [0.05, 0.1) is 10.6 Å². The number of hydrogen-bond acceptors (Lipinski definition) is 7.